The Kier molecular flexibility index (Phi) is 7.26. The first-order valence-electron chi connectivity index (χ1n) is 12.0. The van der Waals surface area contributed by atoms with Gasteiger partial charge in [0, 0.05) is 9.72 Å². The van der Waals surface area contributed by atoms with E-state index in [2.05, 4.69) is 63.8 Å². The van der Waals surface area contributed by atoms with Gasteiger partial charge in [-0.1, -0.05) is 70.5 Å². The number of rotatable bonds is 9. The standard InChI is InChI=1S/C30H27BrO3S/c31-24-9-4-8-22(16-24)26-17-27(30(33)34)29(26)35-18-28(20-11-12-20)23(13-14-32)15-21-7-3-6-19-5-1-2-10-25(19)21/h1-10,13-14,16,18,20,26-27,29H,11-12,15,17H2,(H,33,34)/b23-13-,28-18+/t26-,27?,29?/m0/s1. The predicted octanol–water partition coefficient (Wildman–Crippen LogP) is 7.55. The zero-order valence-corrected chi connectivity index (χ0v) is 21.7. The number of thioether (sulfide) groups is 1. The topological polar surface area (TPSA) is 54.4 Å². The van der Waals surface area contributed by atoms with Crippen molar-refractivity contribution in [3.8, 4) is 0 Å². The van der Waals surface area contributed by atoms with Crippen LogP contribution in [-0.4, -0.2) is 22.6 Å². The molecule has 5 rings (SSSR count). The molecule has 2 fully saturated rings. The summed E-state index contributed by atoms with van der Waals surface area (Å²) in [7, 11) is 0. The largest absolute Gasteiger partial charge is 0.481 e. The molecule has 3 atom stereocenters. The van der Waals surface area contributed by atoms with E-state index in [1.165, 1.54) is 27.5 Å². The number of carboxylic acid groups (broad SMARTS) is 1. The van der Waals surface area contributed by atoms with Crippen molar-refractivity contribution in [2.75, 3.05) is 0 Å². The summed E-state index contributed by atoms with van der Waals surface area (Å²) in [5, 5.41) is 14.3. The molecule has 0 amide bonds. The van der Waals surface area contributed by atoms with Crippen LogP contribution in [0.4, 0.5) is 0 Å². The number of benzene rings is 3. The summed E-state index contributed by atoms with van der Waals surface area (Å²) in [6, 6.07) is 22.8. The Morgan fingerprint density at radius 1 is 1.06 bits per heavy atom. The molecule has 1 N–H and O–H groups in total. The second-order valence-corrected chi connectivity index (χ2v) is 11.4. The van der Waals surface area contributed by atoms with E-state index in [-0.39, 0.29) is 17.1 Å². The first-order valence-corrected chi connectivity index (χ1v) is 13.7. The maximum absolute atomic E-state index is 11.9. The van der Waals surface area contributed by atoms with Gasteiger partial charge in [-0.15, -0.1) is 11.8 Å². The molecule has 0 spiro atoms. The van der Waals surface area contributed by atoms with Crippen molar-refractivity contribution in [1.29, 1.82) is 0 Å². The minimum atomic E-state index is -0.727. The van der Waals surface area contributed by atoms with Crippen LogP contribution in [0.15, 0.2) is 93.8 Å². The van der Waals surface area contributed by atoms with Gasteiger partial charge < -0.3 is 5.11 Å². The summed E-state index contributed by atoms with van der Waals surface area (Å²) in [6.45, 7) is 0. The minimum absolute atomic E-state index is 0.0226. The normalized spacial score (nSPS) is 22.6. The summed E-state index contributed by atoms with van der Waals surface area (Å²) in [5.41, 5.74) is 4.61. The van der Waals surface area contributed by atoms with Crippen LogP contribution in [0.5, 0.6) is 0 Å². The fourth-order valence-corrected chi connectivity index (χ4v) is 7.03. The molecule has 0 radical (unpaired) electrons. The van der Waals surface area contributed by atoms with Crippen LogP contribution in [0.1, 0.15) is 36.3 Å². The van der Waals surface area contributed by atoms with E-state index in [1.807, 2.05) is 24.3 Å². The maximum atomic E-state index is 11.9. The van der Waals surface area contributed by atoms with Gasteiger partial charge in [-0.3, -0.25) is 9.59 Å². The number of hydrogen-bond donors (Lipinski definition) is 1. The number of allylic oxidation sites excluding steroid dienone is 3. The Balaban J connectivity index is 1.43. The average molecular weight is 548 g/mol. The van der Waals surface area contributed by atoms with Gasteiger partial charge in [0.05, 0.1) is 5.92 Å². The zero-order valence-electron chi connectivity index (χ0n) is 19.3. The molecule has 2 aliphatic rings. The molecule has 2 aliphatic carbocycles. The molecule has 5 heteroatoms. The Morgan fingerprint density at radius 2 is 1.83 bits per heavy atom. The molecule has 2 saturated carbocycles. The monoisotopic (exact) mass is 546 g/mol. The lowest BCUT2D eigenvalue weighted by Gasteiger charge is -2.42. The van der Waals surface area contributed by atoms with E-state index in [0.29, 0.717) is 18.8 Å². The second-order valence-electron chi connectivity index (χ2n) is 9.43. The predicted molar refractivity (Wildman–Crippen MR) is 147 cm³/mol. The third-order valence-corrected chi connectivity index (χ3v) is 9.02. The van der Waals surface area contributed by atoms with Crippen molar-refractivity contribution in [3.05, 3.63) is 105 Å². The molecule has 178 valence electrons. The number of carboxylic acids is 1. The maximum Gasteiger partial charge on any atom is 0.307 e. The highest BCUT2D eigenvalue weighted by Crippen LogP contribution is 2.51. The van der Waals surface area contributed by atoms with Crippen LogP contribution in [0, 0.1) is 11.8 Å². The van der Waals surface area contributed by atoms with Gasteiger partial charge in [-0.2, -0.15) is 0 Å². The van der Waals surface area contributed by atoms with Crippen molar-refractivity contribution in [3.63, 3.8) is 0 Å². The summed E-state index contributed by atoms with van der Waals surface area (Å²) in [6.07, 6.45) is 6.15. The summed E-state index contributed by atoms with van der Waals surface area (Å²) in [4.78, 5) is 23.6. The van der Waals surface area contributed by atoms with Crippen molar-refractivity contribution in [2.24, 2.45) is 11.8 Å². The van der Waals surface area contributed by atoms with Crippen molar-refractivity contribution in [1.82, 2.24) is 0 Å². The summed E-state index contributed by atoms with van der Waals surface area (Å²) < 4.78 is 1.01. The first kappa shape index (κ1) is 24.1. The molecule has 2 unspecified atom stereocenters. The number of fused-ring (bicyclic) bond motifs is 1. The number of hydrogen-bond acceptors (Lipinski definition) is 3. The Bertz CT molecular complexity index is 1320. The number of carbonyl (C=O) groups excluding carboxylic acids is 1. The molecule has 35 heavy (non-hydrogen) atoms. The zero-order chi connectivity index (χ0) is 24.4. The Labute approximate surface area is 218 Å². The molecular formula is C30H27BrO3S. The van der Waals surface area contributed by atoms with Crippen LogP contribution >= 0.6 is 27.7 Å². The molecule has 3 nitrogen and oxygen atoms in total. The molecule has 0 aromatic heterocycles. The van der Waals surface area contributed by atoms with E-state index in [0.717, 1.165) is 29.2 Å². The first-order chi connectivity index (χ1) is 17.0. The van der Waals surface area contributed by atoms with Crippen LogP contribution in [0.25, 0.3) is 10.8 Å². The van der Waals surface area contributed by atoms with Gasteiger partial charge in [0.25, 0.3) is 0 Å². The lowest BCUT2D eigenvalue weighted by atomic mass is 9.71. The highest BCUT2D eigenvalue weighted by molar-refractivity contribution is 9.10. The van der Waals surface area contributed by atoms with Gasteiger partial charge in [0.2, 0.25) is 0 Å². The quantitative estimate of drug-likeness (QED) is 0.171. The minimum Gasteiger partial charge on any atom is -0.481 e. The van der Waals surface area contributed by atoms with Crippen molar-refractivity contribution < 1.29 is 14.7 Å². The molecule has 3 aromatic rings. The smallest absolute Gasteiger partial charge is 0.307 e. The van der Waals surface area contributed by atoms with Gasteiger partial charge in [0.1, 0.15) is 6.29 Å². The fourth-order valence-electron chi connectivity index (χ4n) is 5.09. The van der Waals surface area contributed by atoms with E-state index in [4.69, 9.17) is 0 Å². The van der Waals surface area contributed by atoms with Crippen molar-refractivity contribution >= 4 is 50.7 Å². The molecular weight excluding hydrogens is 520 g/mol. The lowest BCUT2D eigenvalue weighted by molar-refractivity contribution is -0.144. The highest BCUT2D eigenvalue weighted by Gasteiger charge is 2.46. The van der Waals surface area contributed by atoms with E-state index in [1.54, 1.807) is 17.8 Å². The summed E-state index contributed by atoms with van der Waals surface area (Å²) in [5.74, 6) is -0.449. The van der Waals surface area contributed by atoms with Gasteiger partial charge >= 0.3 is 5.97 Å². The molecule has 0 saturated heterocycles. The molecule has 0 bridgehead atoms. The average Bonchev–Trinajstić information content (AvgIpc) is 3.66. The third-order valence-electron chi connectivity index (χ3n) is 7.17. The third kappa shape index (κ3) is 5.31. The van der Waals surface area contributed by atoms with E-state index < -0.39 is 5.97 Å². The Hall–Kier alpha value is -2.63. The van der Waals surface area contributed by atoms with Gasteiger partial charge in [-0.05, 0) is 94.2 Å². The number of carbonyl (C=O) groups is 2. The van der Waals surface area contributed by atoms with E-state index in [9.17, 15) is 14.7 Å². The number of halogens is 1. The van der Waals surface area contributed by atoms with Crippen LogP contribution in [0.3, 0.4) is 0 Å². The number of aldehydes is 1. The number of aliphatic carboxylic acids is 1. The molecule has 0 aliphatic heterocycles. The molecule has 0 heterocycles. The van der Waals surface area contributed by atoms with Crippen LogP contribution < -0.4 is 0 Å². The van der Waals surface area contributed by atoms with Crippen LogP contribution in [0.2, 0.25) is 0 Å². The SMILES string of the molecule is O=C/C=C(Cc1cccc2ccccc12)\C(=C\SC1C(C(=O)O)C[C@H]1c1cccc(Br)c1)C1CC1. The van der Waals surface area contributed by atoms with Crippen molar-refractivity contribution in [2.45, 2.75) is 36.9 Å². The van der Waals surface area contributed by atoms with E-state index >= 15 is 0 Å². The highest BCUT2D eigenvalue weighted by atomic mass is 79.9. The molecule has 3 aromatic carbocycles. The Morgan fingerprint density at radius 3 is 2.57 bits per heavy atom. The lowest BCUT2D eigenvalue weighted by Crippen LogP contribution is -2.42. The fraction of sp³-hybridized carbons (Fsp3) is 0.267. The van der Waals surface area contributed by atoms with Gasteiger partial charge in [-0.25, -0.2) is 0 Å². The second kappa shape index (κ2) is 10.5. The summed E-state index contributed by atoms with van der Waals surface area (Å²) >= 11 is 5.18. The van der Waals surface area contributed by atoms with Crippen LogP contribution in [-0.2, 0) is 16.0 Å². The van der Waals surface area contributed by atoms with Gasteiger partial charge in [0.15, 0.2) is 0 Å².